The molecule has 0 aliphatic carbocycles. The van der Waals surface area contributed by atoms with Gasteiger partial charge in [0, 0.05) is 5.38 Å². The predicted octanol–water partition coefficient (Wildman–Crippen LogP) is 0.892. The first-order valence-corrected chi connectivity index (χ1v) is 6.99. The van der Waals surface area contributed by atoms with E-state index in [9.17, 15) is 0 Å². The van der Waals surface area contributed by atoms with Gasteiger partial charge in [0.25, 0.3) is 0 Å². The van der Waals surface area contributed by atoms with Crippen molar-refractivity contribution in [2.45, 2.75) is 33.2 Å². The lowest BCUT2D eigenvalue weighted by Gasteiger charge is -2.02. The standard InChI is InChI=1S/C14H18N2S.BrH/c1-3-4-10-16-12(2)11-17-14(16)15-13-8-6-5-7-9-13;/h5-9,11H,3-4,10H2,1-2H3;1H. The Kier molecular flexibility index (Phi) is 6.36. The molecule has 0 fully saturated rings. The molecule has 1 N–H and O–H groups in total. The van der Waals surface area contributed by atoms with E-state index >= 15 is 0 Å². The van der Waals surface area contributed by atoms with Crippen molar-refractivity contribution < 1.29 is 21.5 Å². The molecule has 1 aromatic heterocycles. The molecule has 0 saturated carbocycles. The quantitative estimate of drug-likeness (QED) is 0.807. The molecule has 2 rings (SSSR count). The van der Waals surface area contributed by atoms with Crippen LogP contribution in [0, 0.1) is 6.92 Å². The number of rotatable bonds is 5. The highest BCUT2D eigenvalue weighted by Crippen LogP contribution is 2.19. The van der Waals surface area contributed by atoms with E-state index in [1.165, 1.54) is 23.7 Å². The third kappa shape index (κ3) is 3.82. The molecule has 4 heteroatoms. The SMILES string of the molecule is CCCC[n+]1c(C)csc1Nc1ccccc1.[Br-]. The Labute approximate surface area is 123 Å². The van der Waals surface area contributed by atoms with Gasteiger partial charge in [-0.25, -0.2) is 9.88 Å². The minimum absolute atomic E-state index is 0. The average molecular weight is 327 g/mol. The smallest absolute Gasteiger partial charge is 0.339 e. The van der Waals surface area contributed by atoms with Gasteiger partial charge in [-0.05, 0) is 25.5 Å². The van der Waals surface area contributed by atoms with Crippen LogP contribution in [0.5, 0.6) is 0 Å². The van der Waals surface area contributed by atoms with Crippen LogP contribution in [0.3, 0.4) is 0 Å². The summed E-state index contributed by atoms with van der Waals surface area (Å²) < 4.78 is 2.36. The zero-order valence-corrected chi connectivity index (χ0v) is 13.2. The zero-order valence-electron chi connectivity index (χ0n) is 10.8. The number of unbranched alkanes of at least 4 members (excludes halogenated alkanes) is 1. The molecule has 0 amide bonds. The minimum atomic E-state index is 0. The summed E-state index contributed by atoms with van der Waals surface area (Å²) in [6.45, 7) is 5.50. The van der Waals surface area contributed by atoms with E-state index in [-0.39, 0.29) is 17.0 Å². The number of thiazole rings is 1. The predicted molar refractivity (Wildman–Crippen MR) is 73.9 cm³/mol. The van der Waals surface area contributed by atoms with Crippen molar-refractivity contribution in [2.24, 2.45) is 0 Å². The molecule has 1 aromatic carbocycles. The fourth-order valence-electron chi connectivity index (χ4n) is 1.76. The third-order valence-electron chi connectivity index (χ3n) is 2.77. The number of halogens is 1. The Balaban J connectivity index is 0.00000162. The van der Waals surface area contributed by atoms with Gasteiger partial charge in [-0.15, -0.1) is 0 Å². The summed E-state index contributed by atoms with van der Waals surface area (Å²) >= 11 is 1.77. The summed E-state index contributed by atoms with van der Waals surface area (Å²) in [4.78, 5) is 0. The molecule has 98 valence electrons. The Hall–Kier alpha value is -0.870. The second-order valence-electron chi connectivity index (χ2n) is 4.18. The van der Waals surface area contributed by atoms with Crippen LogP contribution in [0.2, 0.25) is 0 Å². The van der Waals surface area contributed by atoms with Crippen molar-refractivity contribution in [1.82, 2.24) is 0 Å². The number of hydrogen-bond donors (Lipinski definition) is 1. The lowest BCUT2D eigenvalue weighted by Crippen LogP contribution is -3.00. The highest BCUT2D eigenvalue weighted by Gasteiger charge is 2.14. The van der Waals surface area contributed by atoms with Crippen molar-refractivity contribution in [1.29, 1.82) is 0 Å². The molecule has 18 heavy (non-hydrogen) atoms. The van der Waals surface area contributed by atoms with Crippen molar-refractivity contribution in [3.63, 3.8) is 0 Å². The lowest BCUT2D eigenvalue weighted by atomic mass is 10.3. The molecule has 0 aliphatic heterocycles. The summed E-state index contributed by atoms with van der Waals surface area (Å²) in [5.41, 5.74) is 2.49. The molecule has 2 aromatic rings. The zero-order chi connectivity index (χ0) is 12.1. The van der Waals surface area contributed by atoms with E-state index in [4.69, 9.17) is 0 Å². The maximum atomic E-state index is 3.48. The van der Waals surface area contributed by atoms with Crippen molar-refractivity contribution in [3.05, 3.63) is 41.4 Å². The normalized spacial score (nSPS) is 9.89. The number of hydrogen-bond acceptors (Lipinski definition) is 2. The topological polar surface area (TPSA) is 15.9 Å². The van der Waals surface area contributed by atoms with E-state index in [0.29, 0.717) is 0 Å². The molecule has 0 saturated heterocycles. The van der Waals surface area contributed by atoms with E-state index in [1.54, 1.807) is 11.3 Å². The van der Waals surface area contributed by atoms with Crippen LogP contribution in [-0.2, 0) is 6.54 Å². The van der Waals surface area contributed by atoms with Gasteiger partial charge >= 0.3 is 5.13 Å². The molecular weight excluding hydrogens is 308 g/mol. The number of aromatic nitrogens is 1. The average Bonchev–Trinajstić information content (AvgIpc) is 2.69. The molecule has 0 spiro atoms. The van der Waals surface area contributed by atoms with Gasteiger partial charge < -0.3 is 17.0 Å². The number of nitrogens with zero attached hydrogens (tertiary/aromatic N) is 1. The maximum absolute atomic E-state index is 3.48. The third-order valence-corrected chi connectivity index (χ3v) is 3.78. The molecular formula is C14H19BrN2S. The van der Waals surface area contributed by atoms with Crippen molar-refractivity contribution >= 4 is 22.2 Å². The van der Waals surface area contributed by atoms with E-state index < -0.39 is 0 Å². The first kappa shape index (κ1) is 15.2. The number of aryl methyl sites for hydroxylation is 1. The summed E-state index contributed by atoms with van der Waals surface area (Å²) in [7, 11) is 0. The van der Waals surface area contributed by atoms with Crippen LogP contribution in [0.1, 0.15) is 25.5 Å². The second kappa shape index (κ2) is 7.54. The fraction of sp³-hybridized carbons (Fsp3) is 0.357. The van der Waals surface area contributed by atoms with E-state index in [1.807, 2.05) is 6.07 Å². The van der Waals surface area contributed by atoms with Crippen molar-refractivity contribution in [2.75, 3.05) is 5.32 Å². The van der Waals surface area contributed by atoms with E-state index in [2.05, 4.69) is 53.4 Å². The molecule has 2 nitrogen and oxygen atoms in total. The first-order valence-electron chi connectivity index (χ1n) is 6.11. The Morgan fingerprint density at radius 2 is 1.94 bits per heavy atom. The van der Waals surface area contributed by atoms with Crippen molar-refractivity contribution in [3.8, 4) is 0 Å². The second-order valence-corrected chi connectivity index (χ2v) is 5.04. The van der Waals surface area contributed by atoms with Gasteiger partial charge in [-0.1, -0.05) is 42.9 Å². The summed E-state index contributed by atoms with van der Waals surface area (Å²) in [6, 6.07) is 10.3. The highest BCUT2D eigenvalue weighted by molar-refractivity contribution is 7.13. The summed E-state index contributed by atoms with van der Waals surface area (Å²) in [5, 5.41) is 6.92. The fourth-order valence-corrected chi connectivity index (χ4v) is 2.71. The minimum Gasteiger partial charge on any atom is -1.00 e. The van der Waals surface area contributed by atoms with Crippen LogP contribution in [0.25, 0.3) is 0 Å². The van der Waals surface area contributed by atoms with Crippen LogP contribution in [0.15, 0.2) is 35.7 Å². The first-order chi connectivity index (χ1) is 8.31. The van der Waals surface area contributed by atoms with Gasteiger partial charge in [0.15, 0.2) is 0 Å². The molecule has 0 aliphatic rings. The van der Waals surface area contributed by atoms with Crippen LogP contribution in [0.4, 0.5) is 10.8 Å². The molecule has 0 radical (unpaired) electrons. The molecule has 1 heterocycles. The van der Waals surface area contributed by atoms with Crippen LogP contribution in [-0.4, -0.2) is 0 Å². The van der Waals surface area contributed by atoms with Gasteiger partial charge in [-0.2, -0.15) is 0 Å². The van der Waals surface area contributed by atoms with Gasteiger partial charge in [0.2, 0.25) is 0 Å². The van der Waals surface area contributed by atoms with Crippen LogP contribution >= 0.6 is 11.3 Å². The monoisotopic (exact) mass is 326 g/mol. The highest BCUT2D eigenvalue weighted by atomic mass is 79.9. The molecule has 0 bridgehead atoms. The molecule has 0 atom stereocenters. The number of para-hydroxylation sites is 1. The number of benzene rings is 1. The van der Waals surface area contributed by atoms with Gasteiger partial charge in [0.1, 0.15) is 11.4 Å². The number of nitrogens with one attached hydrogen (secondary N) is 1. The summed E-state index contributed by atoms with van der Waals surface area (Å²) in [6.07, 6.45) is 2.46. The Bertz CT molecular complexity index is 468. The Morgan fingerprint density at radius 3 is 2.61 bits per heavy atom. The Morgan fingerprint density at radius 1 is 1.22 bits per heavy atom. The van der Waals surface area contributed by atoms with Crippen LogP contribution < -0.4 is 26.9 Å². The summed E-state index contributed by atoms with van der Waals surface area (Å²) in [5.74, 6) is 0. The maximum Gasteiger partial charge on any atom is 0.339 e. The lowest BCUT2D eigenvalue weighted by molar-refractivity contribution is -0.685. The largest absolute Gasteiger partial charge is 1.00 e. The van der Waals surface area contributed by atoms with E-state index in [0.717, 1.165) is 12.2 Å². The van der Waals surface area contributed by atoms with Gasteiger partial charge in [0.05, 0.1) is 6.54 Å². The van der Waals surface area contributed by atoms with Gasteiger partial charge in [-0.3, -0.25) is 0 Å². The number of anilines is 2. The molecule has 0 unspecified atom stereocenters.